The highest BCUT2D eigenvalue weighted by Gasteiger charge is 2.51. The molecule has 0 aliphatic carbocycles. The van der Waals surface area contributed by atoms with Crippen LogP contribution < -0.4 is 16.8 Å². The van der Waals surface area contributed by atoms with Gasteiger partial charge in [-0.2, -0.15) is 30.0 Å². The Balaban J connectivity index is 0.000000620. The minimum Gasteiger partial charge on any atom is -0.389 e. The minimum absolute atomic E-state index is 0.0980. The van der Waals surface area contributed by atoms with Crippen LogP contribution in [-0.2, 0) is 34.8 Å². The summed E-state index contributed by atoms with van der Waals surface area (Å²) in [6.45, 7) is 1.57. The summed E-state index contributed by atoms with van der Waals surface area (Å²) >= 11 is 1.22. The summed E-state index contributed by atoms with van der Waals surface area (Å²) in [5, 5.41) is 7.91. The number of hydrogen-bond donors (Lipinski definition) is 5. The number of rotatable bonds is 8. The van der Waals surface area contributed by atoms with Crippen molar-refractivity contribution in [1.29, 1.82) is 0 Å². The summed E-state index contributed by atoms with van der Waals surface area (Å²) in [7, 11) is -10.5. The largest absolute Gasteiger partial charge is 0.522 e. The highest BCUT2D eigenvalue weighted by Crippen LogP contribution is 2.23. The first-order valence-electron chi connectivity index (χ1n) is 8.78. The van der Waals surface area contributed by atoms with Gasteiger partial charge in [0.2, 0.25) is 0 Å². The van der Waals surface area contributed by atoms with Crippen LogP contribution in [0.25, 0.3) is 0 Å². The van der Waals surface area contributed by atoms with E-state index < -0.39 is 55.9 Å². The van der Waals surface area contributed by atoms with E-state index in [2.05, 4.69) is 10.5 Å². The summed E-state index contributed by atoms with van der Waals surface area (Å²) in [4.78, 5) is 30.0. The van der Waals surface area contributed by atoms with Gasteiger partial charge in [-0.15, -0.1) is 11.3 Å². The molecule has 1 fully saturated rings. The molecule has 0 bridgehead atoms. The molecule has 7 N–H and O–H groups in total. The first-order chi connectivity index (χ1) is 15.5. The lowest BCUT2D eigenvalue weighted by molar-refractivity contribution is -0.143. The fraction of sp³-hybridized carbons (Fsp3) is 0.500. The molecule has 2 heterocycles. The number of hydrogen-bond acceptors (Lipinski definition) is 11. The van der Waals surface area contributed by atoms with Crippen LogP contribution in [0.15, 0.2) is 22.7 Å². The maximum atomic E-state index is 12.5. The van der Waals surface area contributed by atoms with E-state index in [9.17, 15) is 31.2 Å². The van der Waals surface area contributed by atoms with Crippen molar-refractivity contribution in [3.63, 3.8) is 0 Å². The fourth-order valence-corrected chi connectivity index (χ4v) is 3.82. The second kappa shape index (κ2) is 11.4. The summed E-state index contributed by atoms with van der Waals surface area (Å²) in [5.74, 6) is -1.68. The van der Waals surface area contributed by atoms with E-state index in [1.807, 2.05) is 0 Å². The highest BCUT2D eigenvalue weighted by atomic mass is 32.2. The van der Waals surface area contributed by atoms with Crippen LogP contribution in [0.4, 0.5) is 13.2 Å². The van der Waals surface area contributed by atoms with Crippen LogP contribution >= 0.6 is 11.3 Å². The van der Waals surface area contributed by atoms with Crippen LogP contribution in [0, 0.1) is 0 Å². The number of nitrogens with one attached hydrogen (secondary N) is 1. The average Bonchev–Trinajstić information content (AvgIpc) is 3.22. The zero-order chi connectivity index (χ0) is 26.5. The number of alkyl halides is 3. The van der Waals surface area contributed by atoms with Gasteiger partial charge in [-0.25, -0.2) is 4.31 Å². The number of β-lactam (4-membered cyclic amide) rings is 1. The maximum Gasteiger partial charge on any atom is 0.522 e. The number of carbonyl (C=O) groups is 2. The van der Waals surface area contributed by atoms with Crippen LogP contribution in [0.3, 0.4) is 0 Å². The number of nitrogens with zero attached hydrogens (tertiary/aromatic N) is 2. The van der Waals surface area contributed by atoms with Gasteiger partial charge < -0.3 is 21.6 Å². The Kier molecular flexibility index (Phi) is 9.93. The van der Waals surface area contributed by atoms with Crippen LogP contribution in [0.1, 0.15) is 11.8 Å². The first kappa shape index (κ1) is 29.7. The Morgan fingerprint density at radius 2 is 1.82 bits per heavy atom. The molecular weight excluding hydrogens is 535 g/mol. The Hall–Kier alpha value is -2.36. The molecular formula is C14H20F3N5O9S3. The van der Waals surface area contributed by atoms with Gasteiger partial charge in [0.05, 0.1) is 10.9 Å². The van der Waals surface area contributed by atoms with Gasteiger partial charge in [-0.05, 0) is 18.4 Å². The van der Waals surface area contributed by atoms with Crippen molar-refractivity contribution < 1.29 is 53.5 Å². The lowest BCUT2D eigenvalue weighted by Crippen LogP contribution is -2.71. The Labute approximate surface area is 195 Å². The molecule has 0 radical (unpaired) electrons. The number of thiophene rings is 1. The fourth-order valence-electron chi connectivity index (χ4n) is 2.23. The van der Waals surface area contributed by atoms with Crippen molar-refractivity contribution in [2.24, 2.45) is 16.6 Å². The van der Waals surface area contributed by atoms with Crippen molar-refractivity contribution in [3.8, 4) is 0 Å². The molecule has 1 saturated heterocycles. The molecule has 1 aliphatic rings. The lowest BCUT2D eigenvalue weighted by atomic mass is 10.0. The molecule has 2 atom stereocenters. The van der Waals surface area contributed by atoms with Crippen molar-refractivity contribution in [2.45, 2.75) is 30.6 Å². The van der Waals surface area contributed by atoms with E-state index in [0.29, 0.717) is 4.88 Å². The number of amides is 2. The van der Waals surface area contributed by atoms with Gasteiger partial charge in [-0.3, -0.25) is 18.7 Å². The quantitative estimate of drug-likeness (QED) is 0.0828. The van der Waals surface area contributed by atoms with Crippen molar-refractivity contribution >= 4 is 49.3 Å². The van der Waals surface area contributed by atoms with E-state index >= 15 is 0 Å². The van der Waals surface area contributed by atoms with Crippen LogP contribution in [0.2, 0.25) is 0 Å². The van der Waals surface area contributed by atoms with Gasteiger partial charge in [0.25, 0.3) is 11.8 Å². The summed E-state index contributed by atoms with van der Waals surface area (Å²) in [6.07, 6.45) is -0.586. The third-order valence-electron chi connectivity index (χ3n) is 3.95. The normalized spacial score (nSPS) is 19.3. The van der Waals surface area contributed by atoms with Gasteiger partial charge in [0.1, 0.15) is 6.04 Å². The molecule has 1 aromatic rings. The van der Waals surface area contributed by atoms with Gasteiger partial charge in [0, 0.05) is 13.1 Å². The van der Waals surface area contributed by atoms with E-state index in [-0.39, 0.29) is 23.1 Å². The van der Waals surface area contributed by atoms with Crippen LogP contribution in [-0.4, -0.2) is 84.6 Å². The third kappa shape index (κ3) is 7.58. The summed E-state index contributed by atoms with van der Waals surface area (Å²) in [5.41, 5.74) is 5.30. The van der Waals surface area contributed by atoms with E-state index in [1.54, 1.807) is 17.5 Å². The Bertz CT molecular complexity index is 1100. The Morgan fingerprint density at radius 1 is 1.29 bits per heavy atom. The topological polar surface area (TPSA) is 232 Å². The van der Waals surface area contributed by atoms with E-state index in [0.717, 1.165) is 0 Å². The molecule has 2 amide bonds. The van der Waals surface area contributed by atoms with Gasteiger partial charge in [-0.1, -0.05) is 11.2 Å². The molecule has 34 heavy (non-hydrogen) atoms. The molecule has 1 aromatic heterocycles. The number of carbonyl (C=O) groups excluding carboxylic acids is 2. The monoisotopic (exact) mass is 555 g/mol. The average molecular weight is 556 g/mol. The van der Waals surface area contributed by atoms with Gasteiger partial charge in [0.15, 0.2) is 11.8 Å². The molecule has 14 nitrogen and oxygen atoms in total. The summed E-state index contributed by atoms with van der Waals surface area (Å²) in [6, 6.07) is 1.27. The predicted molar refractivity (Wildman–Crippen MR) is 111 cm³/mol. The molecule has 0 saturated carbocycles. The second-order valence-corrected chi connectivity index (χ2v) is 9.99. The van der Waals surface area contributed by atoms with Gasteiger partial charge >= 0.3 is 25.9 Å². The Morgan fingerprint density at radius 3 is 2.18 bits per heavy atom. The van der Waals surface area contributed by atoms with E-state index in [1.165, 1.54) is 18.3 Å². The molecule has 1 aliphatic heterocycles. The first-order valence-corrected chi connectivity index (χ1v) is 12.5. The highest BCUT2D eigenvalue weighted by molar-refractivity contribution is 7.86. The second-order valence-electron chi connectivity index (χ2n) is 6.34. The molecule has 0 aromatic carbocycles. The van der Waals surface area contributed by atoms with E-state index in [4.69, 9.17) is 33.8 Å². The molecule has 2 rings (SSSR count). The van der Waals surface area contributed by atoms with Crippen LogP contribution in [0.5, 0.6) is 0 Å². The summed E-state index contributed by atoms with van der Waals surface area (Å²) < 4.78 is 89.0. The van der Waals surface area contributed by atoms with Crippen molar-refractivity contribution in [2.75, 3.05) is 13.1 Å². The minimum atomic E-state index is -5.84. The number of nitrogens with two attached hydrogens (primary N) is 2. The number of halogens is 3. The maximum absolute atomic E-state index is 12.5. The zero-order valence-corrected chi connectivity index (χ0v) is 19.5. The van der Waals surface area contributed by atoms with Crippen molar-refractivity contribution in [3.05, 3.63) is 22.4 Å². The predicted octanol–water partition coefficient (Wildman–Crippen LogP) is -1.33. The smallest absolute Gasteiger partial charge is 0.389 e. The molecule has 194 valence electrons. The zero-order valence-electron chi connectivity index (χ0n) is 17.0. The van der Waals surface area contributed by atoms with Crippen molar-refractivity contribution in [1.82, 2.24) is 9.62 Å². The lowest BCUT2D eigenvalue weighted by Gasteiger charge is -2.42. The standard InChI is InChI=1S/C13H19N5O6S2.CHF3O3S/c1-7-10(13(20)18(7)26(21,22)23)16-12(19)11(9-3-2-4-25-9)17-24-8(5-14)6-15;2-1(3,4)8(5,6)7/h2-4,7-8,10H,5-6,14-15H2,1H3,(H,16,19)(H,21,22,23);(H,5,6,7)/b17-11+;/t7-,10-;/m0./s1. The SMILES string of the molecule is C[C@H]1[C@H](NC(=O)/C(=N/OC(CN)CN)c2cccs2)C(=O)N1S(=O)(=O)O.O=S(=O)(O)C(F)(F)F. The molecule has 0 spiro atoms. The third-order valence-corrected chi connectivity index (χ3v) is 6.42. The molecule has 20 heteroatoms. The number of oxime groups is 1. The molecule has 0 unspecified atom stereocenters.